The number of methoxy groups -OCH3 is 2. The van der Waals surface area contributed by atoms with Gasteiger partial charge in [-0.1, -0.05) is 57.2 Å². The van der Waals surface area contributed by atoms with E-state index < -0.39 is 22.5 Å². The predicted molar refractivity (Wildman–Crippen MR) is 145 cm³/mol. The molecule has 0 aromatic heterocycles. The van der Waals surface area contributed by atoms with Gasteiger partial charge in [-0.15, -0.1) is 0 Å². The maximum absolute atomic E-state index is 13.0. The van der Waals surface area contributed by atoms with Gasteiger partial charge in [-0.25, -0.2) is 8.42 Å². The summed E-state index contributed by atoms with van der Waals surface area (Å²) in [5.74, 6) is 0.00785. The van der Waals surface area contributed by atoms with Crippen LogP contribution >= 0.6 is 0 Å². The Morgan fingerprint density at radius 1 is 0.865 bits per heavy atom. The number of carbonyl (C=O) groups excluding carboxylic acids is 2. The Labute approximate surface area is 218 Å². The van der Waals surface area contributed by atoms with Crippen LogP contribution in [0.1, 0.15) is 42.3 Å². The highest BCUT2D eigenvalue weighted by molar-refractivity contribution is 7.92. The summed E-state index contributed by atoms with van der Waals surface area (Å²) in [6.07, 6.45) is 1.02. The first-order chi connectivity index (χ1) is 17.3. The van der Waals surface area contributed by atoms with Crippen LogP contribution in [0, 0.1) is 0 Å². The summed E-state index contributed by atoms with van der Waals surface area (Å²) in [4.78, 5) is 25.9. The van der Waals surface area contributed by atoms with E-state index in [2.05, 4.69) is 26.1 Å². The van der Waals surface area contributed by atoms with Crippen LogP contribution in [0.25, 0.3) is 0 Å². The number of carbonyl (C=O) groups is 2. The zero-order valence-corrected chi connectivity index (χ0v) is 22.7. The van der Waals surface area contributed by atoms with Crippen LogP contribution in [0.5, 0.6) is 11.5 Å². The molecule has 0 aliphatic rings. The van der Waals surface area contributed by atoms with Crippen LogP contribution in [-0.4, -0.2) is 47.1 Å². The fourth-order valence-corrected chi connectivity index (χ4v) is 4.59. The van der Waals surface area contributed by atoms with Crippen molar-refractivity contribution in [1.82, 2.24) is 0 Å². The fraction of sp³-hybridized carbons (Fsp3) is 0.286. The topological polar surface area (TPSA) is 102 Å². The highest BCUT2D eigenvalue weighted by Crippen LogP contribution is 2.32. The summed E-state index contributed by atoms with van der Waals surface area (Å²) in [5.41, 5.74) is 2.66. The SMILES string of the molecule is COc1ccc(N(CC(=O)Nc2cccc(C(=O)c3ccc(C(C)(C)C)cc3)c2)S(C)(=O)=O)cc1OC. The second-order valence-corrected chi connectivity index (χ2v) is 11.5. The first-order valence-corrected chi connectivity index (χ1v) is 13.4. The summed E-state index contributed by atoms with van der Waals surface area (Å²) < 4.78 is 36.4. The molecule has 0 atom stereocenters. The molecule has 9 heteroatoms. The fourth-order valence-electron chi connectivity index (χ4n) is 3.74. The van der Waals surface area contributed by atoms with E-state index >= 15 is 0 Å². The highest BCUT2D eigenvalue weighted by atomic mass is 32.2. The van der Waals surface area contributed by atoms with Crippen LogP contribution < -0.4 is 19.1 Å². The van der Waals surface area contributed by atoms with E-state index in [1.807, 2.05) is 12.1 Å². The number of ketones is 1. The molecule has 0 unspecified atom stereocenters. The maximum Gasteiger partial charge on any atom is 0.245 e. The van der Waals surface area contributed by atoms with Crippen molar-refractivity contribution in [3.05, 3.63) is 83.4 Å². The number of nitrogens with zero attached hydrogens (tertiary/aromatic N) is 1. The van der Waals surface area contributed by atoms with Gasteiger partial charge in [-0.2, -0.15) is 0 Å². The number of anilines is 2. The first kappa shape index (κ1) is 27.7. The average Bonchev–Trinajstić information content (AvgIpc) is 2.85. The Hall–Kier alpha value is -3.85. The molecule has 0 saturated heterocycles. The van der Waals surface area contributed by atoms with Gasteiger partial charge in [0.05, 0.1) is 26.2 Å². The molecule has 3 rings (SSSR count). The quantitative estimate of drug-likeness (QED) is 0.409. The molecule has 8 nitrogen and oxygen atoms in total. The third kappa shape index (κ3) is 6.89. The number of hydrogen-bond donors (Lipinski definition) is 1. The van der Waals surface area contributed by atoms with E-state index in [0.717, 1.165) is 16.1 Å². The molecule has 0 aliphatic carbocycles. The normalized spacial score (nSPS) is 11.5. The molecule has 0 heterocycles. The highest BCUT2D eigenvalue weighted by Gasteiger charge is 2.23. The summed E-state index contributed by atoms with van der Waals surface area (Å²) in [6, 6.07) is 18.6. The predicted octanol–water partition coefficient (Wildman–Crippen LogP) is 4.64. The minimum atomic E-state index is -3.80. The van der Waals surface area contributed by atoms with E-state index in [1.165, 1.54) is 26.4 Å². The molecule has 37 heavy (non-hydrogen) atoms. The van der Waals surface area contributed by atoms with Gasteiger partial charge in [-0.05, 0) is 35.2 Å². The Balaban J connectivity index is 1.78. The molecule has 0 bridgehead atoms. The van der Waals surface area contributed by atoms with Crippen molar-refractivity contribution in [3.8, 4) is 11.5 Å². The van der Waals surface area contributed by atoms with Gasteiger partial charge < -0.3 is 14.8 Å². The van der Waals surface area contributed by atoms with E-state index in [-0.39, 0.29) is 16.9 Å². The molecule has 0 fully saturated rings. The third-order valence-electron chi connectivity index (χ3n) is 5.76. The van der Waals surface area contributed by atoms with Gasteiger partial charge in [0.15, 0.2) is 17.3 Å². The lowest BCUT2D eigenvalue weighted by atomic mass is 9.86. The van der Waals surface area contributed by atoms with Gasteiger partial charge in [0.25, 0.3) is 0 Å². The van der Waals surface area contributed by atoms with E-state index in [1.54, 1.807) is 42.5 Å². The molecule has 3 aromatic carbocycles. The standard InChI is InChI=1S/C28H32N2O6S/c1-28(2,3)21-12-10-19(11-13-21)27(32)20-8-7-9-22(16-20)29-26(31)18-30(37(6,33)34)23-14-15-24(35-4)25(17-23)36-5/h7-17H,18H2,1-6H3,(H,29,31). The number of benzene rings is 3. The number of hydrogen-bond acceptors (Lipinski definition) is 6. The van der Waals surface area contributed by atoms with E-state index in [4.69, 9.17) is 9.47 Å². The lowest BCUT2D eigenvalue weighted by Gasteiger charge is -2.23. The minimum Gasteiger partial charge on any atom is -0.493 e. The summed E-state index contributed by atoms with van der Waals surface area (Å²) in [6.45, 7) is 5.84. The molecule has 1 amide bonds. The van der Waals surface area contributed by atoms with E-state index in [0.29, 0.717) is 28.3 Å². The molecule has 3 aromatic rings. The van der Waals surface area contributed by atoms with Crippen LogP contribution in [0.2, 0.25) is 0 Å². The lowest BCUT2D eigenvalue weighted by Crippen LogP contribution is -2.37. The van der Waals surface area contributed by atoms with Crippen molar-refractivity contribution < 1.29 is 27.5 Å². The van der Waals surface area contributed by atoms with Gasteiger partial charge in [0, 0.05) is 22.9 Å². The van der Waals surface area contributed by atoms with Crippen molar-refractivity contribution in [1.29, 1.82) is 0 Å². The first-order valence-electron chi connectivity index (χ1n) is 11.6. The second kappa shape index (κ2) is 11.0. The van der Waals surface area contributed by atoms with E-state index in [9.17, 15) is 18.0 Å². The second-order valence-electron chi connectivity index (χ2n) is 9.59. The summed E-state index contributed by atoms with van der Waals surface area (Å²) in [7, 11) is -0.891. The molecule has 1 N–H and O–H groups in total. The Bertz CT molecular complexity index is 1390. The average molecular weight is 525 g/mol. The van der Waals surface area contributed by atoms with Crippen molar-refractivity contribution in [2.24, 2.45) is 0 Å². The van der Waals surface area contributed by atoms with Crippen molar-refractivity contribution in [2.45, 2.75) is 26.2 Å². The Kier molecular flexibility index (Phi) is 8.28. The van der Waals surface area contributed by atoms with Crippen molar-refractivity contribution in [3.63, 3.8) is 0 Å². The van der Waals surface area contributed by atoms with Gasteiger partial charge in [0.2, 0.25) is 15.9 Å². The number of rotatable bonds is 9. The molecular formula is C28H32N2O6S. The van der Waals surface area contributed by atoms with Crippen LogP contribution in [0.3, 0.4) is 0 Å². The number of amides is 1. The summed E-state index contributed by atoms with van der Waals surface area (Å²) in [5, 5.41) is 2.69. The molecule has 196 valence electrons. The summed E-state index contributed by atoms with van der Waals surface area (Å²) >= 11 is 0. The monoisotopic (exact) mass is 524 g/mol. The molecular weight excluding hydrogens is 492 g/mol. The molecule has 0 spiro atoms. The largest absolute Gasteiger partial charge is 0.493 e. The van der Waals surface area contributed by atoms with Crippen LogP contribution in [0.15, 0.2) is 66.7 Å². The van der Waals surface area contributed by atoms with Crippen molar-refractivity contribution >= 4 is 33.1 Å². The molecule has 0 saturated carbocycles. The number of ether oxygens (including phenoxy) is 2. The Morgan fingerprint density at radius 3 is 2.08 bits per heavy atom. The molecule has 0 radical (unpaired) electrons. The Morgan fingerprint density at radius 2 is 1.51 bits per heavy atom. The van der Waals surface area contributed by atoms with Gasteiger partial charge in [-0.3, -0.25) is 13.9 Å². The molecule has 0 aliphatic heterocycles. The minimum absolute atomic E-state index is 0.0252. The van der Waals surface area contributed by atoms with Crippen molar-refractivity contribution in [2.75, 3.05) is 36.6 Å². The van der Waals surface area contributed by atoms with Crippen LogP contribution in [0.4, 0.5) is 11.4 Å². The zero-order valence-electron chi connectivity index (χ0n) is 21.9. The smallest absolute Gasteiger partial charge is 0.245 e. The maximum atomic E-state index is 13.0. The van der Waals surface area contributed by atoms with Gasteiger partial charge in [0.1, 0.15) is 6.54 Å². The number of sulfonamides is 1. The third-order valence-corrected chi connectivity index (χ3v) is 6.90. The zero-order chi connectivity index (χ0) is 27.4. The van der Waals surface area contributed by atoms with Crippen LogP contribution in [-0.2, 0) is 20.2 Å². The number of nitrogens with one attached hydrogen (secondary N) is 1. The lowest BCUT2D eigenvalue weighted by molar-refractivity contribution is -0.114. The van der Waals surface area contributed by atoms with Gasteiger partial charge >= 0.3 is 0 Å².